The van der Waals surface area contributed by atoms with Crippen LogP contribution in [0.5, 0.6) is 5.75 Å². The third-order valence-corrected chi connectivity index (χ3v) is 3.67. The number of rotatable bonds is 4. The van der Waals surface area contributed by atoms with E-state index in [9.17, 15) is 0 Å². The van der Waals surface area contributed by atoms with Crippen molar-refractivity contribution in [3.05, 3.63) is 40.5 Å². The molecule has 0 saturated heterocycles. The highest BCUT2D eigenvalue weighted by atomic mass is 35.5. The van der Waals surface area contributed by atoms with E-state index in [2.05, 4.69) is 22.4 Å². The van der Waals surface area contributed by atoms with Crippen LogP contribution in [0.4, 0.5) is 0 Å². The Morgan fingerprint density at radius 2 is 2.29 bits per heavy atom. The van der Waals surface area contributed by atoms with E-state index in [1.165, 1.54) is 0 Å². The van der Waals surface area contributed by atoms with E-state index in [0.717, 1.165) is 17.7 Å². The molecule has 0 saturated carbocycles. The lowest BCUT2D eigenvalue weighted by Gasteiger charge is -2.05. The molecule has 0 radical (unpaired) electrons. The number of halogens is 2. The Morgan fingerprint density at radius 1 is 1.48 bits per heavy atom. The van der Waals surface area contributed by atoms with E-state index < -0.39 is 0 Å². The van der Waals surface area contributed by atoms with Gasteiger partial charge in [0, 0.05) is 23.9 Å². The third kappa shape index (κ3) is 3.48. The van der Waals surface area contributed by atoms with Crippen molar-refractivity contribution in [1.82, 2.24) is 15.5 Å². The van der Waals surface area contributed by atoms with E-state index in [-0.39, 0.29) is 18.5 Å². The first kappa shape index (κ1) is 16.1. The molecule has 2 atom stereocenters. The molecule has 0 fully saturated rings. The highest BCUT2D eigenvalue weighted by Crippen LogP contribution is 2.37. The van der Waals surface area contributed by atoms with Gasteiger partial charge >= 0.3 is 0 Å². The molecule has 21 heavy (non-hydrogen) atoms. The molecule has 1 aromatic carbocycles. The van der Waals surface area contributed by atoms with Gasteiger partial charge in [-0.25, -0.2) is 0 Å². The maximum absolute atomic E-state index is 5.98. The summed E-state index contributed by atoms with van der Waals surface area (Å²) in [6.45, 7) is 2.07. The Hall–Kier alpha value is -1.30. The Balaban J connectivity index is 0.00000161. The molecule has 1 aromatic heterocycles. The molecular formula is C14H17Cl2N3O2. The molecule has 3 rings (SSSR count). The molecule has 114 valence electrons. The molecule has 0 spiro atoms. The van der Waals surface area contributed by atoms with Crippen molar-refractivity contribution >= 4 is 24.0 Å². The van der Waals surface area contributed by atoms with Crippen LogP contribution in [-0.2, 0) is 12.8 Å². The summed E-state index contributed by atoms with van der Waals surface area (Å²) in [7, 11) is 1.91. The zero-order valence-electron chi connectivity index (χ0n) is 11.8. The minimum absolute atomic E-state index is 0. The highest BCUT2D eigenvalue weighted by molar-refractivity contribution is 6.30. The van der Waals surface area contributed by atoms with E-state index in [1.54, 1.807) is 0 Å². The van der Waals surface area contributed by atoms with E-state index in [1.807, 2.05) is 25.2 Å². The molecule has 1 aliphatic rings. The summed E-state index contributed by atoms with van der Waals surface area (Å²) in [4.78, 5) is 4.41. The second kappa shape index (κ2) is 6.64. The summed E-state index contributed by atoms with van der Waals surface area (Å²) in [6.07, 6.45) is 1.22. The number of nitrogens with one attached hydrogen (secondary N) is 1. The minimum atomic E-state index is -0.213. The number of fused-ring (bicyclic) bond motifs is 1. The second-order valence-corrected chi connectivity index (χ2v) is 5.44. The van der Waals surface area contributed by atoms with Gasteiger partial charge in [-0.1, -0.05) is 16.8 Å². The summed E-state index contributed by atoms with van der Waals surface area (Å²) in [5.41, 5.74) is 1.07. The Kier molecular flexibility index (Phi) is 5.08. The van der Waals surface area contributed by atoms with Crippen molar-refractivity contribution in [2.45, 2.75) is 31.9 Å². The number of hydrogen-bond donors (Lipinski definition) is 1. The summed E-state index contributed by atoms with van der Waals surface area (Å²) in [6, 6.07) is 5.91. The molecule has 7 heteroatoms. The van der Waals surface area contributed by atoms with Crippen LogP contribution in [0.25, 0.3) is 0 Å². The van der Waals surface area contributed by atoms with Crippen LogP contribution in [0, 0.1) is 0 Å². The average molecular weight is 330 g/mol. The Labute approximate surface area is 134 Å². The van der Waals surface area contributed by atoms with Crippen LogP contribution >= 0.6 is 24.0 Å². The standard InChI is InChI=1S/C14H16ClN3O2.ClH/c1-8(16-2)5-13-17-14(20-18-13)12-7-9-6-10(15)3-4-11(9)19-12;/h3-4,6,8,12,16H,5,7H2,1-2H3;1H. The van der Waals surface area contributed by atoms with E-state index in [4.69, 9.17) is 20.9 Å². The lowest BCUT2D eigenvalue weighted by Crippen LogP contribution is -2.24. The van der Waals surface area contributed by atoms with Crippen molar-refractivity contribution < 1.29 is 9.26 Å². The fraction of sp³-hybridized carbons (Fsp3) is 0.429. The molecule has 2 heterocycles. The first-order valence-electron chi connectivity index (χ1n) is 6.60. The van der Waals surface area contributed by atoms with Gasteiger partial charge in [0.05, 0.1) is 0 Å². The number of nitrogens with zero attached hydrogens (tertiary/aromatic N) is 2. The van der Waals surface area contributed by atoms with E-state index in [0.29, 0.717) is 29.2 Å². The first-order chi connectivity index (χ1) is 9.65. The summed E-state index contributed by atoms with van der Waals surface area (Å²) < 4.78 is 11.1. The number of likely N-dealkylation sites (N-methyl/N-ethyl adjacent to an activating group) is 1. The van der Waals surface area contributed by atoms with Crippen molar-refractivity contribution in [2.24, 2.45) is 0 Å². The van der Waals surface area contributed by atoms with Crippen LogP contribution in [0.3, 0.4) is 0 Å². The van der Waals surface area contributed by atoms with Gasteiger partial charge in [-0.3, -0.25) is 0 Å². The maximum atomic E-state index is 5.98. The largest absolute Gasteiger partial charge is 0.480 e. The van der Waals surface area contributed by atoms with Gasteiger partial charge in [0.2, 0.25) is 0 Å². The number of hydrogen-bond acceptors (Lipinski definition) is 5. The fourth-order valence-electron chi connectivity index (χ4n) is 2.21. The molecule has 2 aromatic rings. The SMILES string of the molecule is CNC(C)Cc1noc(C2Cc3cc(Cl)ccc3O2)n1.Cl. The van der Waals surface area contributed by atoms with Crippen LogP contribution < -0.4 is 10.1 Å². The van der Waals surface area contributed by atoms with Gasteiger partial charge < -0.3 is 14.6 Å². The van der Waals surface area contributed by atoms with Crippen molar-refractivity contribution in [3.8, 4) is 5.75 Å². The average Bonchev–Trinajstić information content (AvgIpc) is 3.04. The molecule has 0 aliphatic carbocycles. The summed E-state index contributed by atoms with van der Waals surface area (Å²) in [5.74, 6) is 2.05. The van der Waals surface area contributed by atoms with Crippen LogP contribution in [0.15, 0.2) is 22.7 Å². The zero-order chi connectivity index (χ0) is 14.1. The monoisotopic (exact) mass is 329 g/mol. The van der Waals surface area contributed by atoms with Crippen LogP contribution in [-0.4, -0.2) is 23.2 Å². The minimum Gasteiger partial charge on any atom is -0.480 e. The van der Waals surface area contributed by atoms with Gasteiger partial charge in [0.15, 0.2) is 11.9 Å². The fourth-order valence-corrected chi connectivity index (χ4v) is 2.41. The van der Waals surface area contributed by atoms with Gasteiger partial charge in [-0.15, -0.1) is 12.4 Å². The molecule has 1 aliphatic heterocycles. The summed E-state index contributed by atoms with van der Waals surface area (Å²) in [5, 5.41) is 7.85. The molecule has 5 nitrogen and oxygen atoms in total. The number of ether oxygens (including phenoxy) is 1. The second-order valence-electron chi connectivity index (χ2n) is 5.01. The van der Waals surface area contributed by atoms with Gasteiger partial charge in [0.25, 0.3) is 5.89 Å². The predicted molar refractivity (Wildman–Crippen MR) is 82.3 cm³/mol. The van der Waals surface area contributed by atoms with Crippen LogP contribution in [0.1, 0.15) is 30.3 Å². The van der Waals surface area contributed by atoms with Gasteiger partial charge in [-0.2, -0.15) is 4.98 Å². The summed E-state index contributed by atoms with van der Waals surface area (Å²) >= 11 is 5.98. The van der Waals surface area contributed by atoms with Crippen molar-refractivity contribution in [2.75, 3.05) is 7.05 Å². The van der Waals surface area contributed by atoms with Crippen molar-refractivity contribution in [1.29, 1.82) is 0 Å². The number of aromatic nitrogens is 2. The van der Waals surface area contributed by atoms with Crippen LogP contribution in [0.2, 0.25) is 5.02 Å². The zero-order valence-corrected chi connectivity index (χ0v) is 13.4. The van der Waals surface area contributed by atoms with Gasteiger partial charge in [0.1, 0.15) is 5.75 Å². The molecule has 1 N–H and O–H groups in total. The number of benzene rings is 1. The molecule has 0 bridgehead atoms. The Bertz CT molecular complexity index is 618. The molecule has 2 unspecified atom stereocenters. The predicted octanol–water partition coefficient (Wildman–Crippen LogP) is 2.97. The maximum Gasteiger partial charge on any atom is 0.268 e. The lowest BCUT2D eigenvalue weighted by molar-refractivity contribution is 0.183. The quantitative estimate of drug-likeness (QED) is 0.934. The first-order valence-corrected chi connectivity index (χ1v) is 6.98. The lowest BCUT2D eigenvalue weighted by atomic mass is 10.1. The van der Waals surface area contributed by atoms with Crippen molar-refractivity contribution in [3.63, 3.8) is 0 Å². The Morgan fingerprint density at radius 3 is 3.05 bits per heavy atom. The smallest absolute Gasteiger partial charge is 0.268 e. The molecule has 0 amide bonds. The normalized spacial score (nSPS) is 17.8. The topological polar surface area (TPSA) is 60.2 Å². The van der Waals surface area contributed by atoms with Gasteiger partial charge in [-0.05, 0) is 37.7 Å². The highest BCUT2D eigenvalue weighted by Gasteiger charge is 2.29. The molecular weight excluding hydrogens is 313 g/mol. The third-order valence-electron chi connectivity index (χ3n) is 3.44. The van der Waals surface area contributed by atoms with E-state index >= 15 is 0 Å².